The van der Waals surface area contributed by atoms with Crippen molar-refractivity contribution in [2.45, 2.75) is 12.6 Å². The minimum atomic E-state index is -0.885. The largest absolute Gasteiger partial charge is 0.323 e. The lowest BCUT2D eigenvalue weighted by atomic mass is 10.0. The summed E-state index contributed by atoms with van der Waals surface area (Å²) in [6.45, 7) is 1.67. The number of rotatable bonds is 4. The molecule has 0 aliphatic carbocycles. The van der Waals surface area contributed by atoms with Crippen molar-refractivity contribution in [1.82, 2.24) is 0 Å². The second-order valence-electron chi connectivity index (χ2n) is 5.41. The Morgan fingerprint density at radius 3 is 2.60 bits per heavy atom. The van der Waals surface area contributed by atoms with Crippen molar-refractivity contribution in [3.63, 3.8) is 0 Å². The first-order valence-electron chi connectivity index (χ1n) is 7.04. The molecule has 128 valence electrons. The summed E-state index contributed by atoms with van der Waals surface area (Å²) >= 11 is 5.72. The van der Waals surface area contributed by atoms with Gasteiger partial charge < -0.3 is 10.6 Å². The Balaban J connectivity index is 1.78. The Labute approximate surface area is 145 Å². The number of carbonyl (C=O) groups excluding carboxylic acids is 1. The third-order valence-corrected chi connectivity index (χ3v) is 3.86. The number of benzene rings is 2. The number of carbonyl (C=O) groups is 1. The SMILES string of the molecule is CC1(c2cc(F)ccc2NC(=O)Nc2ccc(Cl)c([N+](=O)[O-])c2)N=N1. The zero-order valence-electron chi connectivity index (χ0n) is 12.8. The van der Waals surface area contributed by atoms with E-state index in [2.05, 4.69) is 20.9 Å². The first-order valence-corrected chi connectivity index (χ1v) is 7.42. The second kappa shape index (κ2) is 6.10. The lowest BCUT2D eigenvalue weighted by Crippen LogP contribution is -2.21. The molecule has 25 heavy (non-hydrogen) atoms. The van der Waals surface area contributed by atoms with E-state index >= 15 is 0 Å². The van der Waals surface area contributed by atoms with Gasteiger partial charge in [0.2, 0.25) is 5.66 Å². The van der Waals surface area contributed by atoms with Gasteiger partial charge in [-0.3, -0.25) is 10.1 Å². The van der Waals surface area contributed by atoms with Crippen molar-refractivity contribution in [2.24, 2.45) is 10.2 Å². The number of anilines is 2. The van der Waals surface area contributed by atoms with Gasteiger partial charge in [0.05, 0.1) is 10.6 Å². The third-order valence-electron chi connectivity index (χ3n) is 3.54. The van der Waals surface area contributed by atoms with E-state index in [4.69, 9.17) is 11.6 Å². The van der Waals surface area contributed by atoms with Gasteiger partial charge in [-0.15, -0.1) is 0 Å². The Morgan fingerprint density at radius 1 is 1.24 bits per heavy atom. The lowest BCUT2D eigenvalue weighted by molar-refractivity contribution is -0.384. The zero-order valence-corrected chi connectivity index (χ0v) is 13.5. The lowest BCUT2D eigenvalue weighted by Gasteiger charge is -2.14. The van der Waals surface area contributed by atoms with Gasteiger partial charge in [-0.25, -0.2) is 9.18 Å². The van der Waals surface area contributed by atoms with E-state index in [0.717, 1.165) is 6.07 Å². The van der Waals surface area contributed by atoms with Gasteiger partial charge in [0, 0.05) is 17.3 Å². The molecular weight excluding hydrogens is 353 g/mol. The molecule has 0 saturated heterocycles. The van der Waals surface area contributed by atoms with Gasteiger partial charge in [0.25, 0.3) is 5.69 Å². The van der Waals surface area contributed by atoms with Crippen LogP contribution in [-0.2, 0) is 5.66 Å². The summed E-state index contributed by atoms with van der Waals surface area (Å²) in [5, 5.41) is 23.5. The summed E-state index contributed by atoms with van der Waals surface area (Å²) < 4.78 is 13.5. The predicted octanol–water partition coefficient (Wildman–Crippen LogP) is 4.67. The molecule has 0 saturated carbocycles. The summed E-state index contributed by atoms with van der Waals surface area (Å²) in [6.07, 6.45) is 0. The fourth-order valence-corrected chi connectivity index (χ4v) is 2.40. The molecule has 0 atom stereocenters. The predicted molar refractivity (Wildman–Crippen MR) is 89.4 cm³/mol. The third kappa shape index (κ3) is 3.56. The van der Waals surface area contributed by atoms with Gasteiger partial charge in [0.15, 0.2) is 0 Å². The quantitative estimate of drug-likeness (QED) is 0.608. The van der Waals surface area contributed by atoms with Gasteiger partial charge >= 0.3 is 6.03 Å². The van der Waals surface area contributed by atoms with Crippen molar-refractivity contribution in [3.8, 4) is 0 Å². The first-order chi connectivity index (χ1) is 11.8. The number of amides is 2. The number of nitrogens with zero attached hydrogens (tertiary/aromatic N) is 3. The minimum absolute atomic E-state index is 0.0401. The molecule has 8 nitrogen and oxygen atoms in total. The highest BCUT2D eigenvalue weighted by atomic mass is 35.5. The van der Waals surface area contributed by atoms with Crippen LogP contribution in [0.25, 0.3) is 0 Å². The summed E-state index contributed by atoms with van der Waals surface area (Å²) in [5.74, 6) is -0.479. The van der Waals surface area contributed by atoms with E-state index in [-0.39, 0.29) is 16.4 Å². The summed E-state index contributed by atoms with van der Waals surface area (Å²) in [5.41, 5.74) is -0.294. The van der Waals surface area contributed by atoms with Crippen molar-refractivity contribution in [1.29, 1.82) is 0 Å². The van der Waals surface area contributed by atoms with Gasteiger partial charge in [0.1, 0.15) is 10.8 Å². The molecule has 2 N–H and O–H groups in total. The minimum Gasteiger partial charge on any atom is -0.307 e. The molecule has 0 radical (unpaired) electrons. The molecule has 0 spiro atoms. The average Bonchev–Trinajstić information content (AvgIpc) is 3.29. The molecule has 2 aromatic carbocycles. The van der Waals surface area contributed by atoms with Crippen LogP contribution in [0.2, 0.25) is 5.02 Å². The molecule has 2 amide bonds. The van der Waals surface area contributed by atoms with E-state index in [1.165, 1.54) is 30.3 Å². The Hall–Kier alpha value is -3.07. The number of nitro benzene ring substituents is 1. The van der Waals surface area contributed by atoms with Crippen molar-refractivity contribution < 1.29 is 14.1 Å². The highest BCUT2D eigenvalue weighted by molar-refractivity contribution is 6.32. The van der Waals surface area contributed by atoms with Crippen molar-refractivity contribution in [3.05, 3.63) is 62.9 Å². The van der Waals surface area contributed by atoms with E-state index in [1.54, 1.807) is 6.92 Å². The van der Waals surface area contributed by atoms with Crippen LogP contribution < -0.4 is 10.6 Å². The number of halogens is 2. The van der Waals surface area contributed by atoms with Crippen LogP contribution in [0, 0.1) is 15.9 Å². The van der Waals surface area contributed by atoms with E-state index in [9.17, 15) is 19.3 Å². The van der Waals surface area contributed by atoms with Gasteiger partial charge in [-0.2, -0.15) is 10.2 Å². The van der Waals surface area contributed by atoms with E-state index in [0.29, 0.717) is 11.3 Å². The summed E-state index contributed by atoms with van der Waals surface area (Å²) in [6, 6.07) is 7.04. The molecule has 0 fully saturated rings. The maximum atomic E-state index is 13.5. The van der Waals surface area contributed by atoms with Crippen LogP contribution in [-0.4, -0.2) is 11.0 Å². The maximum absolute atomic E-state index is 13.5. The van der Waals surface area contributed by atoms with E-state index < -0.39 is 22.4 Å². The second-order valence-corrected chi connectivity index (χ2v) is 5.82. The van der Waals surface area contributed by atoms with Gasteiger partial charge in [-0.1, -0.05) is 11.6 Å². The molecular formula is C15H11ClFN5O3. The number of urea groups is 1. The molecule has 3 rings (SSSR count). The Morgan fingerprint density at radius 2 is 1.96 bits per heavy atom. The molecule has 1 aliphatic heterocycles. The maximum Gasteiger partial charge on any atom is 0.323 e. The van der Waals surface area contributed by atoms with Crippen LogP contribution in [0.15, 0.2) is 46.6 Å². The van der Waals surface area contributed by atoms with Crippen LogP contribution >= 0.6 is 11.6 Å². The number of hydrogen-bond donors (Lipinski definition) is 2. The van der Waals surface area contributed by atoms with Crippen LogP contribution in [0.4, 0.5) is 26.2 Å². The topological polar surface area (TPSA) is 109 Å². The molecule has 1 heterocycles. The first kappa shape index (κ1) is 16.8. The molecule has 10 heteroatoms. The molecule has 0 unspecified atom stereocenters. The highest BCUT2D eigenvalue weighted by Gasteiger charge is 2.39. The molecule has 0 aromatic heterocycles. The highest BCUT2D eigenvalue weighted by Crippen LogP contribution is 2.42. The smallest absolute Gasteiger partial charge is 0.307 e. The summed E-state index contributed by atoms with van der Waals surface area (Å²) in [4.78, 5) is 22.4. The molecule has 2 aromatic rings. The fourth-order valence-electron chi connectivity index (χ4n) is 2.22. The number of nitro groups is 1. The fraction of sp³-hybridized carbons (Fsp3) is 0.133. The van der Waals surface area contributed by atoms with Crippen LogP contribution in [0.5, 0.6) is 0 Å². The number of hydrogen-bond acceptors (Lipinski definition) is 5. The monoisotopic (exact) mass is 363 g/mol. The summed E-state index contributed by atoms with van der Waals surface area (Å²) in [7, 11) is 0. The zero-order chi connectivity index (χ0) is 18.2. The van der Waals surface area contributed by atoms with Crippen LogP contribution in [0.1, 0.15) is 12.5 Å². The van der Waals surface area contributed by atoms with Crippen molar-refractivity contribution >= 4 is 34.7 Å². The Bertz CT molecular complexity index is 912. The normalized spacial score (nSPS) is 14.0. The van der Waals surface area contributed by atoms with Gasteiger partial charge in [-0.05, 0) is 37.3 Å². The molecule has 0 bridgehead atoms. The average molecular weight is 364 g/mol. The van der Waals surface area contributed by atoms with Crippen LogP contribution in [0.3, 0.4) is 0 Å². The van der Waals surface area contributed by atoms with Crippen molar-refractivity contribution in [2.75, 3.05) is 10.6 Å². The number of nitrogens with one attached hydrogen (secondary N) is 2. The van der Waals surface area contributed by atoms with E-state index in [1.807, 2.05) is 0 Å². The molecule has 1 aliphatic rings. The Kier molecular flexibility index (Phi) is 4.09. The standard InChI is InChI=1S/C15H11ClFN5O3/c1-15(20-21-15)10-6-8(17)2-5-12(10)19-14(23)18-9-3-4-11(16)13(7-9)22(24)25/h2-7H,1H3,(H2,18,19,23).